The molecular formula is C16H15NO. The summed E-state index contributed by atoms with van der Waals surface area (Å²) in [6.07, 6.45) is 1.44. The summed E-state index contributed by atoms with van der Waals surface area (Å²) >= 11 is 0. The predicted octanol–water partition coefficient (Wildman–Crippen LogP) is 3.55. The fourth-order valence-corrected chi connectivity index (χ4v) is 2.30. The molecule has 3 rings (SSSR count). The Morgan fingerprint density at radius 3 is 2.44 bits per heavy atom. The molecule has 0 radical (unpaired) electrons. The summed E-state index contributed by atoms with van der Waals surface area (Å²) in [4.78, 5) is 11.4. The van der Waals surface area contributed by atoms with E-state index >= 15 is 0 Å². The molecule has 1 aliphatic heterocycles. The third-order valence-corrected chi connectivity index (χ3v) is 3.39. The maximum atomic E-state index is 11.4. The third kappa shape index (κ3) is 2.02. The van der Waals surface area contributed by atoms with Crippen LogP contribution in [0.3, 0.4) is 0 Å². The highest BCUT2D eigenvalue weighted by Crippen LogP contribution is 2.29. The Morgan fingerprint density at radius 1 is 0.944 bits per heavy atom. The molecule has 1 aliphatic rings. The van der Waals surface area contributed by atoms with E-state index in [2.05, 4.69) is 54.7 Å². The lowest BCUT2D eigenvalue weighted by Crippen LogP contribution is -2.18. The van der Waals surface area contributed by atoms with Gasteiger partial charge >= 0.3 is 0 Å². The van der Waals surface area contributed by atoms with E-state index in [1.807, 2.05) is 0 Å². The fraction of sp³-hybridized carbons (Fsp3) is 0.188. The van der Waals surface area contributed by atoms with Crippen LogP contribution in [0, 0.1) is 6.92 Å². The van der Waals surface area contributed by atoms with E-state index in [-0.39, 0.29) is 5.91 Å². The molecule has 0 spiro atoms. The number of hydrogen-bond acceptors (Lipinski definition) is 1. The lowest BCUT2D eigenvalue weighted by molar-refractivity contribution is -0.116. The fourth-order valence-electron chi connectivity index (χ4n) is 2.30. The standard InChI is InChI=1S/C16H15NO/c1-11-2-4-12(5-3-11)14-7-6-13-8-9-16(18)17-15(13)10-14/h2-7,10H,8-9H2,1H3,(H,17,18). The molecule has 0 atom stereocenters. The van der Waals surface area contributed by atoms with E-state index in [0.717, 1.165) is 17.7 Å². The Balaban J connectivity index is 2.01. The van der Waals surface area contributed by atoms with E-state index < -0.39 is 0 Å². The lowest BCUT2D eigenvalue weighted by Gasteiger charge is -2.17. The van der Waals surface area contributed by atoms with Gasteiger partial charge < -0.3 is 5.32 Å². The van der Waals surface area contributed by atoms with Crippen LogP contribution in [-0.2, 0) is 11.2 Å². The van der Waals surface area contributed by atoms with Gasteiger partial charge in [-0.05, 0) is 36.1 Å². The quantitative estimate of drug-likeness (QED) is 0.807. The number of carbonyl (C=O) groups is 1. The van der Waals surface area contributed by atoms with Crippen LogP contribution >= 0.6 is 0 Å². The molecule has 2 heteroatoms. The maximum absolute atomic E-state index is 11.4. The van der Waals surface area contributed by atoms with Gasteiger partial charge in [0.15, 0.2) is 0 Å². The largest absolute Gasteiger partial charge is 0.326 e. The molecule has 0 fully saturated rings. The molecule has 0 saturated heterocycles. The summed E-state index contributed by atoms with van der Waals surface area (Å²) in [5.74, 6) is 0.114. The smallest absolute Gasteiger partial charge is 0.224 e. The summed E-state index contributed by atoms with van der Waals surface area (Å²) < 4.78 is 0. The molecule has 0 saturated carbocycles. The number of amides is 1. The monoisotopic (exact) mass is 237 g/mol. The first-order chi connectivity index (χ1) is 8.72. The molecule has 1 N–H and O–H groups in total. The van der Waals surface area contributed by atoms with Crippen molar-refractivity contribution in [1.82, 2.24) is 0 Å². The zero-order valence-corrected chi connectivity index (χ0v) is 10.4. The van der Waals surface area contributed by atoms with Gasteiger partial charge in [-0.15, -0.1) is 0 Å². The van der Waals surface area contributed by atoms with Crippen LogP contribution < -0.4 is 5.32 Å². The molecule has 2 aromatic carbocycles. The van der Waals surface area contributed by atoms with Gasteiger partial charge in [0.05, 0.1) is 0 Å². The predicted molar refractivity (Wildman–Crippen MR) is 73.6 cm³/mol. The SMILES string of the molecule is Cc1ccc(-c2ccc3c(c2)NC(=O)CC3)cc1. The first kappa shape index (κ1) is 11.0. The summed E-state index contributed by atoms with van der Waals surface area (Å²) in [6, 6.07) is 14.7. The Labute approximate surface area is 107 Å². The van der Waals surface area contributed by atoms with Crippen molar-refractivity contribution in [3.8, 4) is 11.1 Å². The number of rotatable bonds is 1. The number of anilines is 1. The van der Waals surface area contributed by atoms with E-state index in [0.29, 0.717) is 6.42 Å². The van der Waals surface area contributed by atoms with Crippen molar-refractivity contribution in [3.63, 3.8) is 0 Å². The Morgan fingerprint density at radius 2 is 1.67 bits per heavy atom. The van der Waals surface area contributed by atoms with Gasteiger partial charge in [0, 0.05) is 12.1 Å². The molecule has 0 unspecified atom stereocenters. The Kier molecular flexibility index (Phi) is 2.63. The minimum Gasteiger partial charge on any atom is -0.326 e. The highest BCUT2D eigenvalue weighted by Gasteiger charge is 2.14. The molecule has 0 bridgehead atoms. The summed E-state index contributed by atoms with van der Waals surface area (Å²) in [7, 11) is 0. The first-order valence-electron chi connectivity index (χ1n) is 6.22. The van der Waals surface area contributed by atoms with Gasteiger partial charge in [0.25, 0.3) is 0 Å². The second-order valence-corrected chi connectivity index (χ2v) is 4.79. The van der Waals surface area contributed by atoms with Crippen LogP contribution in [0.25, 0.3) is 11.1 Å². The van der Waals surface area contributed by atoms with E-state index in [4.69, 9.17) is 0 Å². The molecule has 18 heavy (non-hydrogen) atoms. The van der Waals surface area contributed by atoms with Crippen molar-refractivity contribution in [2.75, 3.05) is 5.32 Å². The van der Waals surface area contributed by atoms with Crippen LogP contribution in [0.4, 0.5) is 5.69 Å². The summed E-state index contributed by atoms with van der Waals surface area (Å²) in [5, 5.41) is 2.94. The van der Waals surface area contributed by atoms with Crippen molar-refractivity contribution in [3.05, 3.63) is 53.6 Å². The lowest BCUT2D eigenvalue weighted by atomic mass is 9.97. The van der Waals surface area contributed by atoms with Gasteiger partial charge in [-0.3, -0.25) is 4.79 Å². The summed E-state index contributed by atoms with van der Waals surface area (Å²) in [5.41, 5.74) is 5.78. The van der Waals surface area contributed by atoms with Gasteiger partial charge in [-0.25, -0.2) is 0 Å². The van der Waals surface area contributed by atoms with Crippen LogP contribution in [0.1, 0.15) is 17.5 Å². The molecule has 0 aliphatic carbocycles. The second-order valence-electron chi connectivity index (χ2n) is 4.79. The maximum Gasteiger partial charge on any atom is 0.224 e. The van der Waals surface area contributed by atoms with Crippen molar-refractivity contribution >= 4 is 11.6 Å². The number of hydrogen-bond donors (Lipinski definition) is 1. The average molecular weight is 237 g/mol. The van der Waals surface area contributed by atoms with Crippen molar-refractivity contribution in [2.24, 2.45) is 0 Å². The van der Waals surface area contributed by atoms with E-state index in [1.54, 1.807) is 0 Å². The molecular weight excluding hydrogens is 222 g/mol. The molecule has 0 aromatic heterocycles. The van der Waals surface area contributed by atoms with Crippen molar-refractivity contribution in [2.45, 2.75) is 19.8 Å². The van der Waals surface area contributed by atoms with Crippen LogP contribution in [0.5, 0.6) is 0 Å². The van der Waals surface area contributed by atoms with Crippen molar-refractivity contribution < 1.29 is 4.79 Å². The normalized spacial score (nSPS) is 13.9. The van der Waals surface area contributed by atoms with Crippen LogP contribution in [0.15, 0.2) is 42.5 Å². The van der Waals surface area contributed by atoms with Crippen LogP contribution in [0.2, 0.25) is 0 Å². The average Bonchev–Trinajstić information content (AvgIpc) is 2.38. The molecule has 1 heterocycles. The molecule has 2 nitrogen and oxygen atoms in total. The minimum absolute atomic E-state index is 0.114. The van der Waals surface area contributed by atoms with Gasteiger partial charge in [-0.2, -0.15) is 0 Å². The van der Waals surface area contributed by atoms with E-state index in [1.165, 1.54) is 16.7 Å². The highest BCUT2D eigenvalue weighted by atomic mass is 16.1. The van der Waals surface area contributed by atoms with Crippen molar-refractivity contribution in [1.29, 1.82) is 0 Å². The molecule has 2 aromatic rings. The van der Waals surface area contributed by atoms with Gasteiger partial charge in [-0.1, -0.05) is 42.0 Å². The zero-order chi connectivity index (χ0) is 12.5. The molecule has 1 amide bonds. The number of fused-ring (bicyclic) bond motifs is 1. The van der Waals surface area contributed by atoms with Crippen LogP contribution in [-0.4, -0.2) is 5.91 Å². The number of aryl methyl sites for hydroxylation is 2. The Hall–Kier alpha value is -2.09. The third-order valence-electron chi connectivity index (χ3n) is 3.39. The van der Waals surface area contributed by atoms with Gasteiger partial charge in [0.1, 0.15) is 0 Å². The minimum atomic E-state index is 0.114. The zero-order valence-electron chi connectivity index (χ0n) is 10.4. The number of benzene rings is 2. The topological polar surface area (TPSA) is 29.1 Å². The Bertz CT molecular complexity index is 599. The van der Waals surface area contributed by atoms with E-state index in [9.17, 15) is 4.79 Å². The molecule has 90 valence electrons. The number of nitrogens with one attached hydrogen (secondary N) is 1. The number of carbonyl (C=O) groups excluding carboxylic acids is 1. The summed E-state index contributed by atoms with van der Waals surface area (Å²) in [6.45, 7) is 2.08. The first-order valence-corrected chi connectivity index (χ1v) is 6.22. The second kappa shape index (κ2) is 4.30. The van der Waals surface area contributed by atoms with Gasteiger partial charge in [0.2, 0.25) is 5.91 Å². The highest BCUT2D eigenvalue weighted by molar-refractivity contribution is 5.94.